The lowest BCUT2D eigenvalue weighted by Crippen LogP contribution is -2.31. The van der Waals surface area contributed by atoms with Gasteiger partial charge in [-0.15, -0.1) is 0 Å². The normalized spacial score (nSPS) is 35.7. The third-order valence-electron chi connectivity index (χ3n) is 6.16. The molecule has 0 radical (unpaired) electrons. The Morgan fingerprint density at radius 2 is 2.12 bits per heavy atom. The van der Waals surface area contributed by atoms with E-state index in [-0.39, 0.29) is 6.10 Å². The van der Waals surface area contributed by atoms with Gasteiger partial charge in [-0.2, -0.15) is 0 Å². The molecule has 0 saturated carbocycles. The number of rotatable bonds is 6. The molecular weight excluding hydrogens is 327 g/mol. The lowest BCUT2D eigenvalue weighted by atomic mass is 10.00. The zero-order valence-corrected chi connectivity index (χ0v) is 15.7. The highest BCUT2D eigenvalue weighted by Gasteiger charge is 2.42. The molecule has 4 atom stereocenters. The molecule has 4 rings (SSSR count). The molecule has 0 spiro atoms. The van der Waals surface area contributed by atoms with Crippen molar-refractivity contribution in [3.8, 4) is 0 Å². The topological polar surface area (TPSA) is 19.0 Å². The number of hydrogen-bond acceptors (Lipinski definition) is 3. The maximum atomic E-state index is 13.2. The van der Waals surface area contributed by atoms with Crippen LogP contribution in [0.25, 0.3) is 0 Å². The largest absolute Gasteiger partial charge is 0.363 e. The molecule has 0 amide bonds. The molecule has 3 aliphatic heterocycles. The number of hydrogen-bond donors (Lipinski definition) is 0. The minimum atomic E-state index is -0.813. The third-order valence-corrected chi connectivity index (χ3v) is 6.16. The Morgan fingerprint density at radius 1 is 1.19 bits per heavy atom. The summed E-state index contributed by atoms with van der Waals surface area (Å²) >= 11 is 0. The molecule has 0 N–H and O–H groups in total. The maximum Gasteiger partial charge on any atom is 0.122 e. The van der Waals surface area contributed by atoms with E-state index in [1.54, 1.807) is 6.08 Å². The Kier molecular flexibility index (Phi) is 5.72. The van der Waals surface area contributed by atoms with Gasteiger partial charge in [0.1, 0.15) is 18.4 Å². The molecule has 0 aromatic carbocycles. The number of likely N-dealkylation sites (tertiary alicyclic amines) is 1. The van der Waals surface area contributed by atoms with Crippen LogP contribution in [0.15, 0.2) is 48.1 Å². The summed E-state index contributed by atoms with van der Waals surface area (Å²) in [7, 11) is 0. The Bertz CT molecular complexity index is 611. The first-order valence-corrected chi connectivity index (χ1v) is 10.1. The Morgan fingerprint density at radius 3 is 2.88 bits per heavy atom. The summed E-state index contributed by atoms with van der Waals surface area (Å²) in [6.07, 6.45) is 14.0. The number of epoxide rings is 1. The number of halogens is 1. The first-order valence-electron chi connectivity index (χ1n) is 10.1. The first kappa shape index (κ1) is 18.1. The molecule has 2 fully saturated rings. The predicted molar refractivity (Wildman–Crippen MR) is 104 cm³/mol. The zero-order chi connectivity index (χ0) is 17.9. The van der Waals surface area contributed by atoms with Crippen molar-refractivity contribution in [2.45, 2.75) is 44.1 Å². The fourth-order valence-corrected chi connectivity index (χ4v) is 4.53. The van der Waals surface area contributed by atoms with Crippen molar-refractivity contribution in [3.63, 3.8) is 0 Å². The second-order valence-electron chi connectivity index (χ2n) is 8.18. The number of nitrogens with zero attached hydrogens (tertiary/aromatic N) is 2. The van der Waals surface area contributed by atoms with Gasteiger partial charge >= 0.3 is 0 Å². The van der Waals surface area contributed by atoms with Crippen molar-refractivity contribution in [2.75, 3.05) is 39.3 Å². The zero-order valence-electron chi connectivity index (χ0n) is 15.7. The van der Waals surface area contributed by atoms with Gasteiger partial charge < -0.3 is 9.64 Å². The summed E-state index contributed by atoms with van der Waals surface area (Å²) in [4.78, 5) is 5.13. The highest BCUT2D eigenvalue weighted by molar-refractivity contribution is 5.32. The van der Waals surface area contributed by atoms with Gasteiger partial charge in [0.2, 0.25) is 0 Å². The quantitative estimate of drug-likeness (QED) is 0.677. The molecular formula is C22H31FN2O. The number of alkyl halides is 1. The predicted octanol–water partition coefficient (Wildman–Crippen LogP) is 3.51. The lowest BCUT2D eigenvalue weighted by molar-refractivity contribution is 0.236. The molecule has 26 heavy (non-hydrogen) atoms. The van der Waals surface area contributed by atoms with Gasteiger partial charge in [-0.1, -0.05) is 37.0 Å². The summed E-state index contributed by atoms with van der Waals surface area (Å²) in [6, 6.07) is 0. The van der Waals surface area contributed by atoms with E-state index in [9.17, 15) is 4.39 Å². The monoisotopic (exact) mass is 358 g/mol. The standard InChI is InChI=1S/C22H31FN2O/c1-2-17-9-13-25(14-17)15-18-4-3-11-24(12-10-18)16-21-22(26-21)19-5-7-20(23)8-6-19/h2,5-7,9,18,20-22H,1,3-4,8,10-16H2/t18-,20?,21?,22?/m0/s1. The summed E-state index contributed by atoms with van der Waals surface area (Å²) < 4.78 is 19.1. The van der Waals surface area contributed by atoms with Crippen molar-refractivity contribution in [3.05, 3.63) is 48.1 Å². The fraction of sp³-hybridized carbons (Fsp3) is 0.636. The van der Waals surface area contributed by atoms with Crippen molar-refractivity contribution < 1.29 is 9.13 Å². The van der Waals surface area contributed by atoms with E-state index in [4.69, 9.17) is 4.74 Å². The van der Waals surface area contributed by atoms with Gasteiger partial charge in [-0.05, 0) is 49.4 Å². The smallest absolute Gasteiger partial charge is 0.122 e. The molecule has 4 aliphatic rings. The van der Waals surface area contributed by atoms with Crippen LogP contribution in [0.4, 0.5) is 4.39 Å². The number of ether oxygens (including phenoxy) is 1. The fourth-order valence-electron chi connectivity index (χ4n) is 4.53. The van der Waals surface area contributed by atoms with Crippen LogP contribution in [0.3, 0.4) is 0 Å². The van der Waals surface area contributed by atoms with Crippen LogP contribution in [-0.2, 0) is 4.74 Å². The van der Waals surface area contributed by atoms with E-state index in [0.717, 1.165) is 25.6 Å². The molecule has 0 bridgehead atoms. The van der Waals surface area contributed by atoms with E-state index >= 15 is 0 Å². The minimum Gasteiger partial charge on any atom is -0.363 e. The van der Waals surface area contributed by atoms with E-state index < -0.39 is 6.17 Å². The average Bonchev–Trinajstić information content (AvgIpc) is 3.32. The lowest BCUT2D eigenvalue weighted by Gasteiger charge is -2.23. The van der Waals surface area contributed by atoms with Gasteiger partial charge in [0, 0.05) is 32.6 Å². The van der Waals surface area contributed by atoms with Gasteiger partial charge in [0.15, 0.2) is 0 Å². The van der Waals surface area contributed by atoms with Crippen molar-refractivity contribution >= 4 is 0 Å². The highest BCUT2D eigenvalue weighted by atomic mass is 19.1. The SMILES string of the molecule is C=CC1=CCN(C[C@H]2CCCN(CC3OC3C3=CCC(F)C=C3)CC2)C1. The van der Waals surface area contributed by atoms with Crippen LogP contribution in [-0.4, -0.2) is 67.4 Å². The van der Waals surface area contributed by atoms with Crippen LogP contribution >= 0.6 is 0 Å². The summed E-state index contributed by atoms with van der Waals surface area (Å²) in [5, 5.41) is 0. The highest BCUT2D eigenvalue weighted by Crippen LogP contribution is 2.33. The van der Waals surface area contributed by atoms with Gasteiger partial charge in [0.05, 0.1) is 0 Å². The number of allylic oxidation sites excluding steroid dienone is 2. The van der Waals surface area contributed by atoms with E-state index in [0.29, 0.717) is 12.5 Å². The molecule has 1 aliphatic carbocycles. The molecule has 0 aromatic heterocycles. The minimum absolute atomic E-state index is 0.200. The second-order valence-corrected chi connectivity index (χ2v) is 8.18. The Labute approximate surface area is 156 Å². The van der Waals surface area contributed by atoms with E-state index in [2.05, 4.69) is 22.5 Å². The third kappa shape index (κ3) is 4.54. The van der Waals surface area contributed by atoms with Crippen molar-refractivity contribution in [2.24, 2.45) is 5.92 Å². The molecule has 3 unspecified atom stereocenters. The van der Waals surface area contributed by atoms with Gasteiger partial charge in [-0.3, -0.25) is 4.90 Å². The molecule has 0 aromatic rings. The van der Waals surface area contributed by atoms with Crippen LogP contribution in [0.1, 0.15) is 25.7 Å². The Balaban J connectivity index is 1.19. The molecule has 142 valence electrons. The molecule has 3 nitrogen and oxygen atoms in total. The van der Waals surface area contributed by atoms with Crippen LogP contribution in [0.2, 0.25) is 0 Å². The van der Waals surface area contributed by atoms with E-state index in [1.807, 2.05) is 18.2 Å². The summed E-state index contributed by atoms with van der Waals surface area (Å²) in [5.41, 5.74) is 2.55. The summed E-state index contributed by atoms with van der Waals surface area (Å²) in [6.45, 7) is 10.6. The maximum absolute atomic E-state index is 13.2. The van der Waals surface area contributed by atoms with Crippen LogP contribution < -0.4 is 0 Å². The molecule has 3 heterocycles. The van der Waals surface area contributed by atoms with Crippen LogP contribution in [0, 0.1) is 5.92 Å². The van der Waals surface area contributed by atoms with Gasteiger partial charge in [0.25, 0.3) is 0 Å². The van der Waals surface area contributed by atoms with Crippen molar-refractivity contribution in [1.82, 2.24) is 9.80 Å². The van der Waals surface area contributed by atoms with Crippen molar-refractivity contribution in [1.29, 1.82) is 0 Å². The van der Waals surface area contributed by atoms with Gasteiger partial charge in [-0.25, -0.2) is 4.39 Å². The average molecular weight is 359 g/mol. The van der Waals surface area contributed by atoms with E-state index in [1.165, 1.54) is 50.0 Å². The van der Waals surface area contributed by atoms with Crippen LogP contribution in [0.5, 0.6) is 0 Å². The first-order chi connectivity index (χ1) is 12.7. The Hall–Kier alpha value is -1.23. The molecule has 2 saturated heterocycles. The second kappa shape index (κ2) is 8.20. The summed E-state index contributed by atoms with van der Waals surface area (Å²) in [5.74, 6) is 0.805. The molecule has 4 heteroatoms.